The maximum absolute atomic E-state index is 12.4. The molecule has 0 spiro atoms. The van der Waals surface area contributed by atoms with E-state index in [0.29, 0.717) is 34.9 Å². The highest BCUT2D eigenvalue weighted by Crippen LogP contribution is 2.59. The topological polar surface area (TPSA) is 35.5 Å². The average Bonchev–Trinajstić information content (AvgIpc) is 3.68. The molecule has 0 N–H and O–H groups in total. The number of carbonyl (C=O) groups excluding carboxylic acids is 1. The van der Waals surface area contributed by atoms with Crippen LogP contribution in [0.3, 0.4) is 0 Å². The first-order valence-corrected chi connectivity index (χ1v) is 23.6. The predicted molar refractivity (Wildman–Crippen MR) is 193 cm³/mol. The van der Waals surface area contributed by atoms with Crippen LogP contribution in [0, 0.1) is 29.1 Å². The fourth-order valence-electron chi connectivity index (χ4n) is 7.79. The lowest BCUT2D eigenvalue weighted by atomic mass is 9.61. The molecule has 0 amide bonds. The van der Waals surface area contributed by atoms with Crippen LogP contribution in [0.5, 0.6) is 0 Å². The van der Waals surface area contributed by atoms with Crippen molar-refractivity contribution < 1.29 is 13.6 Å². The fourth-order valence-corrected chi connectivity index (χ4v) is 10.5. The van der Waals surface area contributed by atoms with Gasteiger partial charge in [0.05, 0.1) is 12.2 Å². The molecule has 6 atom stereocenters. The second-order valence-electron chi connectivity index (χ2n) is 18.3. The van der Waals surface area contributed by atoms with Gasteiger partial charge in [0, 0.05) is 12.3 Å². The van der Waals surface area contributed by atoms with Gasteiger partial charge >= 0.3 is 0 Å². The molecule has 44 heavy (non-hydrogen) atoms. The molecule has 248 valence electrons. The highest BCUT2D eigenvalue weighted by Gasteiger charge is 2.50. The van der Waals surface area contributed by atoms with Crippen LogP contribution in [0.25, 0.3) is 0 Å². The van der Waals surface area contributed by atoms with E-state index in [1.807, 2.05) is 6.08 Å². The van der Waals surface area contributed by atoms with Crippen molar-refractivity contribution in [2.24, 2.45) is 29.1 Å². The number of hydrogen-bond donors (Lipinski definition) is 0. The Morgan fingerprint density at radius 3 is 2.16 bits per heavy atom. The van der Waals surface area contributed by atoms with Crippen LogP contribution in [-0.2, 0) is 13.6 Å². The summed E-state index contributed by atoms with van der Waals surface area (Å²) in [5, 5.41) is 0.321. The lowest BCUT2D eigenvalue weighted by molar-refractivity contribution is -0.115. The van der Waals surface area contributed by atoms with Gasteiger partial charge in [0.1, 0.15) is 0 Å². The molecule has 0 aromatic rings. The van der Waals surface area contributed by atoms with Gasteiger partial charge in [0.25, 0.3) is 0 Å². The van der Waals surface area contributed by atoms with Crippen molar-refractivity contribution in [1.29, 1.82) is 0 Å². The molecule has 0 heterocycles. The van der Waals surface area contributed by atoms with Crippen molar-refractivity contribution >= 4 is 22.4 Å². The summed E-state index contributed by atoms with van der Waals surface area (Å²) in [5.41, 5.74) is 4.43. The second kappa shape index (κ2) is 12.9. The molecule has 0 saturated heterocycles. The summed E-state index contributed by atoms with van der Waals surface area (Å²) in [4.78, 5) is 12.4. The van der Waals surface area contributed by atoms with Gasteiger partial charge in [-0.15, -0.1) is 0 Å². The Balaban J connectivity index is 1.58. The van der Waals surface area contributed by atoms with Crippen LogP contribution in [0.4, 0.5) is 0 Å². The molecule has 4 fully saturated rings. The molecule has 0 aliphatic heterocycles. The van der Waals surface area contributed by atoms with Crippen molar-refractivity contribution in [3.8, 4) is 0 Å². The van der Waals surface area contributed by atoms with Gasteiger partial charge < -0.3 is 8.85 Å². The summed E-state index contributed by atoms with van der Waals surface area (Å²) >= 11 is 0. The maximum Gasteiger partial charge on any atom is 0.192 e. The number of carbonyl (C=O) groups is 1. The molecule has 5 heteroatoms. The van der Waals surface area contributed by atoms with Gasteiger partial charge in [0.2, 0.25) is 0 Å². The minimum atomic E-state index is -1.98. The summed E-state index contributed by atoms with van der Waals surface area (Å²) in [6, 6.07) is 0. The van der Waals surface area contributed by atoms with Gasteiger partial charge in [-0.3, -0.25) is 4.79 Å². The molecule has 4 saturated carbocycles. The van der Waals surface area contributed by atoms with Crippen LogP contribution in [0.2, 0.25) is 36.3 Å². The van der Waals surface area contributed by atoms with E-state index in [9.17, 15) is 4.79 Å². The lowest BCUT2D eigenvalue weighted by Crippen LogP contribution is -2.49. The molecule has 3 nitrogen and oxygen atoms in total. The number of allylic oxidation sites excluding steroid dienone is 5. The average molecular weight is 639 g/mol. The Kier molecular flexibility index (Phi) is 10.5. The molecular formula is C39H66O3Si2. The Bertz CT molecular complexity index is 1170. The van der Waals surface area contributed by atoms with Gasteiger partial charge in [-0.25, -0.2) is 0 Å². The zero-order valence-corrected chi connectivity index (χ0v) is 32.6. The molecule has 0 aromatic carbocycles. The smallest absolute Gasteiger partial charge is 0.192 e. The SMILES string of the molecule is C=C1/C(=C/C=C2\CCC[C@]3(C)[C@@H]([C@@H](C)/C=C/C(=O)C4CC4)CC[C@@H]23)C[C@@H](O[Si](C)(C)C(C)(C)C)C[C@@H]1O[Si](C)(C)C(C)(C)C. The monoisotopic (exact) mass is 638 g/mol. The van der Waals surface area contributed by atoms with Crippen LogP contribution in [-0.4, -0.2) is 34.6 Å². The number of hydrogen-bond acceptors (Lipinski definition) is 3. The van der Waals surface area contributed by atoms with Crippen LogP contribution < -0.4 is 0 Å². The van der Waals surface area contributed by atoms with E-state index < -0.39 is 16.6 Å². The zero-order valence-electron chi connectivity index (χ0n) is 30.6. The van der Waals surface area contributed by atoms with Gasteiger partial charge in [0.15, 0.2) is 22.4 Å². The van der Waals surface area contributed by atoms with E-state index in [2.05, 4.69) is 106 Å². The highest BCUT2D eigenvalue weighted by molar-refractivity contribution is 6.74. The third-order valence-electron chi connectivity index (χ3n) is 13.0. The first kappa shape index (κ1) is 35.8. The second-order valence-corrected chi connectivity index (χ2v) is 27.8. The van der Waals surface area contributed by atoms with Crippen molar-refractivity contribution in [2.45, 2.75) is 162 Å². The minimum absolute atomic E-state index is 0.0162. The highest BCUT2D eigenvalue weighted by atomic mass is 28.4. The first-order chi connectivity index (χ1) is 20.2. The predicted octanol–water partition coefficient (Wildman–Crippen LogP) is 11.4. The van der Waals surface area contributed by atoms with Crippen LogP contribution in [0.15, 0.2) is 47.6 Å². The number of fused-ring (bicyclic) bond motifs is 1. The molecule has 0 unspecified atom stereocenters. The minimum Gasteiger partial charge on any atom is -0.413 e. The Labute approximate surface area is 273 Å². The summed E-state index contributed by atoms with van der Waals surface area (Å²) in [7, 11) is -3.91. The molecule has 4 aliphatic rings. The standard InChI is InChI=1S/C39H66O3Si2/c1-27(16-23-35(40)30-18-19-30)33-21-22-34-29(15-14-24-39(33,34)9)17-20-31-25-32(41-43(10,11)37(3,4)5)26-36(28(31)2)42-44(12,13)38(6,7)8/h16-17,20,23,27,30,32-34,36H,2,14-15,18-19,21-22,24-26H2,1,3-13H3/b23-16+,29-17+,31-20+/t27-,32+,33+,34-,36-,39+/m0/s1. The fraction of sp³-hybridized carbons (Fsp3) is 0.769. The summed E-state index contributed by atoms with van der Waals surface area (Å²) in [6.07, 6.45) is 19.5. The van der Waals surface area contributed by atoms with Gasteiger partial charge in [-0.1, -0.05) is 85.8 Å². The van der Waals surface area contributed by atoms with Crippen LogP contribution >= 0.6 is 0 Å². The first-order valence-electron chi connectivity index (χ1n) is 17.8. The van der Waals surface area contributed by atoms with Crippen molar-refractivity contribution in [1.82, 2.24) is 0 Å². The molecule has 0 radical (unpaired) electrons. The maximum atomic E-state index is 12.4. The largest absolute Gasteiger partial charge is 0.413 e. The quantitative estimate of drug-likeness (QED) is 0.186. The van der Waals surface area contributed by atoms with E-state index >= 15 is 0 Å². The third-order valence-corrected chi connectivity index (χ3v) is 22.0. The Morgan fingerprint density at radius 2 is 1.57 bits per heavy atom. The van der Waals surface area contributed by atoms with E-state index in [4.69, 9.17) is 8.85 Å². The van der Waals surface area contributed by atoms with E-state index in [0.717, 1.165) is 25.7 Å². The van der Waals surface area contributed by atoms with E-state index in [-0.39, 0.29) is 22.3 Å². The van der Waals surface area contributed by atoms with Crippen molar-refractivity contribution in [2.75, 3.05) is 0 Å². The summed E-state index contributed by atoms with van der Waals surface area (Å²) in [6.45, 7) is 33.0. The molecule has 0 bridgehead atoms. The molecule has 4 rings (SSSR count). The number of rotatable bonds is 9. The molecular weight excluding hydrogens is 573 g/mol. The molecule has 0 aromatic heterocycles. The van der Waals surface area contributed by atoms with Crippen LogP contribution in [0.1, 0.15) is 113 Å². The van der Waals surface area contributed by atoms with Gasteiger partial charge in [-0.2, -0.15) is 0 Å². The summed E-state index contributed by atoms with van der Waals surface area (Å²) < 4.78 is 14.1. The van der Waals surface area contributed by atoms with E-state index in [1.54, 1.807) is 5.57 Å². The summed E-state index contributed by atoms with van der Waals surface area (Å²) in [5.74, 6) is 2.39. The third kappa shape index (κ3) is 7.74. The van der Waals surface area contributed by atoms with Crippen molar-refractivity contribution in [3.05, 3.63) is 47.6 Å². The lowest BCUT2D eigenvalue weighted by Gasteiger charge is -2.45. The van der Waals surface area contributed by atoms with Crippen molar-refractivity contribution in [3.63, 3.8) is 0 Å². The Morgan fingerprint density at radius 1 is 0.955 bits per heavy atom. The Hall–Kier alpha value is -1.02. The van der Waals surface area contributed by atoms with E-state index in [1.165, 1.54) is 43.3 Å². The zero-order chi connectivity index (χ0) is 32.9. The molecule has 4 aliphatic carbocycles. The van der Waals surface area contributed by atoms with Gasteiger partial charge in [-0.05, 0) is 128 Å². The number of ketones is 1. The normalized spacial score (nSPS) is 33.3.